The van der Waals surface area contributed by atoms with E-state index in [-0.39, 0.29) is 17.9 Å². The summed E-state index contributed by atoms with van der Waals surface area (Å²) in [6.45, 7) is 3.94. The summed E-state index contributed by atoms with van der Waals surface area (Å²) in [6, 6.07) is 18.4. The lowest BCUT2D eigenvalue weighted by Gasteiger charge is -2.13. The molecule has 0 N–H and O–H groups in total. The van der Waals surface area contributed by atoms with E-state index in [9.17, 15) is 9.59 Å². The van der Waals surface area contributed by atoms with E-state index in [1.54, 1.807) is 19.2 Å². The molecule has 0 fully saturated rings. The van der Waals surface area contributed by atoms with Gasteiger partial charge in [0.1, 0.15) is 11.4 Å². The first-order valence-electron chi connectivity index (χ1n) is 10.8. The van der Waals surface area contributed by atoms with Crippen LogP contribution in [0.4, 0.5) is 0 Å². The molecule has 7 nitrogen and oxygen atoms in total. The lowest BCUT2D eigenvalue weighted by molar-refractivity contribution is 0.0491. The van der Waals surface area contributed by atoms with Crippen LogP contribution >= 0.6 is 11.8 Å². The first kappa shape index (κ1) is 21.9. The van der Waals surface area contributed by atoms with Crippen LogP contribution < -0.4 is 5.56 Å². The number of esters is 1. The van der Waals surface area contributed by atoms with E-state index in [4.69, 9.17) is 14.1 Å². The van der Waals surface area contributed by atoms with E-state index in [0.717, 1.165) is 10.9 Å². The summed E-state index contributed by atoms with van der Waals surface area (Å²) < 4.78 is 12.6. The van der Waals surface area contributed by atoms with Crippen LogP contribution in [0.25, 0.3) is 27.7 Å². The average Bonchev–Trinajstić information content (AvgIpc) is 3.22. The zero-order chi connectivity index (χ0) is 23.7. The molecule has 0 aliphatic heterocycles. The Balaban J connectivity index is 1.64. The highest BCUT2D eigenvalue weighted by Crippen LogP contribution is 2.32. The van der Waals surface area contributed by atoms with E-state index in [0.29, 0.717) is 38.8 Å². The third kappa shape index (κ3) is 3.97. The van der Waals surface area contributed by atoms with Crippen molar-refractivity contribution in [2.24, 2.45) is 0 Å². The molecule has 0 aliphatic rings. The second kappa shape index (κ2) is 9.15. The number of nitrogens with zero attached hydrogens (tertiary/aromatic N) is 3. The van der Waals surface area contributed by atoms with Crippen molar-refractivity contribution in [2.75, 3.05) is 6.61 Å². The fourth-order valence-electron chi connectivity index (χ4n) is 3.79. The largest absolute Gasteiger partial charge is 0.460 e. The number of furan rings is 1. The van der Waals surface area contributed by atoms with Gasteiger partial charge in [-0.3, -0.25) is 4.79 Å². The predicted octanol–water partition coefficient (Wildman–Crippen LogP) is 5.30. The summed E-state index contributed by atoms with van der Waals surface area (Å²) >= 11 is 1.34. The summed E-state index contributed by atoms with van der Waals surface area (Å²) in [5.74, 6) is 0.493. The molecule has 0 radical (unpaired) electrons. The molecule has 0 amide bonds. The summed E-state index contributed by atoms with van der Waals surface area (Å²) in [7, 11) is 0. The number of pyridine rings is 1. The monoisotopic (exact) mass is 471 g/mol. The van der Waals surface area contributed by atoms with Crippen LogP contribution in [-0.4, -0.2) is 27.1 Å². The molecule has 3 heterocycles. The minimum Gasteiger partial charge on any atom is -0.460 e. The van der Waals surface area contributed by atoms with Gasteiger partial charge >= 0.3 is 5.97 Å². The fourth-order valence-corrected chi connectivity index (χ4v) is 4.82. The van der Waals surface area contributed by atoms with E-state index in [1.165, 1.54) is 16.3 Å². The van der Waals surface area contributed by atoms with E-state index in [1.807, 2.05) is 61.5 Å². The van der Waals surface area contributed by atoms with E-state index < -0.39 is 5.97 Å². The Labute approximate surface area is 199 Å². The number of benzene rings is 2. The van der Waals surface area contributed by atoms with Crippen molar-refractivity contribution in [2.45, 2.75) is 24.8 Å². The summed E-state index contributed by atoms with van der Waals surface area (Å²) in [5.41, 5.74) is 2.68. The molecule has 0 aliphatic carbocycles. The number of carbonyl (C=O) groups is 1. The maximum absolute atomic E-state index is 13.5. The van der Waals surface area contributed by atoms with Gasteiger partial charge in [-0.15, -0.1) is 0 Å². The topological polar surface area (TPSA) is 87.2 Å². The SMILES string of the molecule is CCOC(=O)c1oc2ccccc2c1CSc1nc2ccccc2c(=O)n1-c1cc(C)ccn1. The van der Waals surface area contributed by atoms with Crippen molar-refractivity contribution >= 4 is 39.6 Å². The number of thioether (sulfide) groups is 1. The summed E-state index contributed by atoms with van der Waals surface area (Å²) in [4.78, 5) is 35.3. The highest BCUT2D eigenvalue weighted by Gasteiger charge is 2.23. The number of para-hydroxylation sites is 2. The number of aryl methyl sites for hydroxylation is 1. The van der Waals surface area contributed by atoms with Crippen LogP contribution in [0.15, 0.2) is 81.2 Å². The maximum atomic E-state index is 13.5. The molecule has 0 saturated carbocycles. The molecule has 5 rings (SSSR count). The number of carbonyl (C=O) groups excluding carboxylic acids is 1. The van der Waals surface area contributed by atoms with Gasteiger partial charge in [-0.05, 0) is 49.7 Å². The number of ether oxygens (including phenoxy) is 1. The predicted molar refractivity (Wildman–Crippen MR) is 132 cm³/mol. The Kier molecular flexibility index (Phi) is 5.90. The Morgan fingerprint density at radius 2 is 1.85 bits per heavy atom. The highest BCUT2D eigenvalue weighted by molar-refractivity contribution is 7.98. The second-order valence-corrected chi connectivity index (χ2v) is 8.60. The fraction of sp³-hybridized carbons (Fsp3) is 0.154. The molecule has 0 unspecified atom stereocenters. The van der Waals surface area contributed by atoms with Crippen LogP contribution in [-0.2, 0) is 10.5 Å². The number of hydrogen-bond acceptors (Lipinski definition) is 7. The molecule has 0 spiro atoms. The van der Waals surface area contributed by atoms with Gasteiger partial charge in [0.2, 0.25) is 5.76 Å². The number of fused-ring (bicyclic) bond motifs is 2. The number of aromatic nitrogens is 3. The van der Waals surface area contributed by atoms with Gasteiger partial charge < -0.3 is 9.15 Å². The first-order chi connectivity index (χ1) is 16.6. The lowest BCUT2D eigenvalue weighted by Crippen LogP contribution is -2.22. The standard InChI is InChI=1S/C26H21N3O4S/c1-3-32-25(31)23-19(17-8-5-7-11-21(17)33-23)15-34-26-28-20-10-6-4-9-18(20)24(30)29(26)22-14-16(2)12-13-27-22/h4-14H,3,15H2,1-2H3. The molecular weight excluding hydrogens is 450 g/mol. The Morgan fingerprint density at radius 1 is 1.09 bits per heavy atom. The molecule has 170 valence electrons. The van der Waals surface area contributed by atoms with Crippen molar-refractivity contribution in [3.63, 3.8) is 0 Å². The van der Waals surface area contributed by atoms with Gasteiger partial charge in [0.05, 0.1) is 17.5 Å². The number of hydrogen-bond donors (Lipinski definition) is 0. The van der Waals surface area contributed by atoms with Crippen molar-refractivity contribution in [3.05, 3.63) is 94.1 Å². The van der Waals surface area contributed by atoms with Crippen LogP contribution in [0.2, 0.25) is 0 Å². The Bertz CT molecular complexity index is 1590. The minimum absolute atomic E-state index is 0.166. The van der Waals surface area contributed by atoms with Gasteiger partial charge in [-0.25, -0.2) is 19.3 Å². The summed E-state index contributed by atoms with van der Waals surface area (Å²) in [6.07, 6.45) is 1.67. The average molecular weight is 472 g/mol. The first-order valence-corrected chi connectivity index (χ1v) is 11.8. The van der Waals surface area contributed by atoms with Gasteiger partial charge in [0, 0.05) is 22.9 Å². The van der Waals surface area contributed by atoms with Crippen molar-refractivity contribution in [1.82, 2.24) is 14.5 Å². The molecule has 3 aromatic heterocycles. The third-order valence-corrected chi connectivity index (χ3v) is 6.34. The second-order valence-electron chi connectivity index (χ2n) is 7.66. The van der Waals surface area contributed by atoms with E-state index >= 15 is 0 Å². The molecule has 0 saturated heterocycles. The third-order valence-electron chi connectivity index (χ3n) is 5.38. The van der Waals surface area contributed by atoms with Crippen molar-refractivity contribution in [1.29, 1.82) is 0 Å². The lowest BCUT2D eigenvalue weighted by atomic mass is 10.1. The van der Waals surface area contributed by atoms with Crippen LogP contribution in [0.5, 0.6) is 0 Å². The van der Waals surface area contributed by atoms with Crippen LogP contribution in [0.1, 0.15) is 28.6 Å². The minimum atomic E-state index is -0.515. The van der Waals surface area contributed by atoms with E-state index in [2.05, 4.69) is 4.98 Å². The smallest absolute Gasteiger partial charge is 0.374 e. The quantitative estimate of drug-likeness (QED) is 0.189. The zero-order valence-corrected chi connectivity index (χ0v) is 19.5. The zero-order valence-electron chi connectivity index (χ0n) is 18.6. The maximum Gasteiger partial charge on any atom is 0.374 e. The molecule has 0 atom stereocenters. The number of rotatable bonds is 6. The van der Waals surface area contributed by atoms with Gasteiger partial charge in [0.15, 0.2) is 5.16 Å². The molecule has 5 aromatic rings. The van der Waals surface area contributed by atoms with Gasteiger partial charge in [-0.2, -0.15) is 0 Å². The van der Waals surface area contributed by atoms with Crippen molar-refractivity contribution in [3.8, 4) is 5.82 Å². The summed E-state index contributed by atoms with van der Waals surface area (Å²) in [5, 5.41) is 1.81. The normalized spacial score (nSPS) is 11.2. The van der Waals surface area contributed by atoms with Crippen molar-refractivity contribution < 1.29 is 13.9 Å². The molecule has 2 aromatic carbocycles. The highest BCUT2D eigenvalue weighted by atomic mass is 32.2. The van der Waals surface area contributed by atoms with Gasteiger partial charge in [0.25, 0.3) is 5.56 Å². The van der Waals surface area contributed by atoms with Crippen LogP contribution in [0, 0.1) is 6.92 Å². The van der Waals surface area contributed by atoms with Gasteiger partial charge in [-0.1, -0.05) is 42.1 Å². The molecule has 34 heavy (non-hydrogen) atoms. The Hall–Kier alpha value is -3.91. The molecule has 0 bridgehead atoms. The molecular formula is C26H21N3O4S. The molecule has 8 heteroatoms. The van der Waals surface area contributed by atoms with Crippen LogP contribution in [0.3, 0.4) is 0 Å². The Morgan fingerprint density at radius 3 is 2.65 bits per heavy atom.